The number of aromatic nitrogens is 4. The summed E-state index contributed by atoms with van der Waals surface area (Å²) in [5, 5.41) is 6.07. The first-order chi connectivity index (χ1) is 23.3. The van der Waals surface area contributed by atoms with E-state index >= 15 is 0 Å². The topological polar surface area (TPSA) is 35.6 Å². The molecule has 10 aromatic rings. The Morgan fingerprint density at radius 1 is 0.489 bits per heavy atom. The summed E-state index contributed by atoms with van der Waals surface area (Å²) in [6.45, 7) is 0. The molecular weight excluding hydrogens is 593 g/mol. The molecule has 0 unspecified atom stereocenters. The van der Waals surface area contributed by atoms with Crippen LogP contribution in [0.1, 0.15) is 0 Å². The lowest BCUT2D eigenvalue weighted by Gasteiger charge is -2.13. The summed E-state index contributed by atoms with van der Waals surface area (Å²) >= 11 is 1.84. The Kier molecular flexibility index (Phi) is 5.71. The molecule has 4 heterocycles. The van der Waals surface area contributed by atoms with Gasteiger partial charge in [-0.25, -0.2) is 9.97 Å². The average molecular weight is 619 g/mol. The third-order valence-corrected chi connectivity index (χ3v) is 10.3. The molecule has 220 valence electrons. The van der Waals surface area contributed by atoms with Crippen LogP contribution < -0.4 is 0 Å². The fourth-order valence-corrected chi connectivity index (χ4v) is 8.12. The summed E-state index contributed by atoms with van der Waals surface area (Å²) in [5.74, 6) is 0.658. The zero-order valence-corrected chi connectivity index (χ0v) is 26.0. The molecule has 5 heteroatoms. The van der Waals surface area contributed by atoms with Gasteiger partial charge in [0, 0.05) is 59.3 Å². The normalized spacial score (nSPS) is 11.8. The third-order valence-electron chi connectivity index (χ3n) is 9.17. The van der Waals surface area contributed by atoms with Crippen molar-refractivity contribution >= 4 is 64.2 Å². The van der Waals surface area contributed by atoms with Crippen LogP contribution in [0.2, 0.25) is 0 Å². The lowest BCUT2D eigenvalue weighted by Crippen LogP contribution is -2.04. The summed E-state index contributed by atoms with van der Waals surface area (Å²) in [6.07, 6.45) is 2.16. The second-order valence-electron chi connectivity index (χ2n) is 11.9. The number of benzene rings is 6. The molecule has 0 aliphatic rings. The lowest BCUT2D eigenvalue weighted by atomic mass is 10.1. The molecule has 0 spiro atoms. The number of para-hydroxylation sites is 1. The highest BCUT2D eigenvalue weighted by molar-refractivity contribution is 7.26. The molecule has 0 saturated heterocycles. The van der Waals surface area contributed by atoms with E-state index in [2.05, 4.69) is 155 Å². The second-order valence-corrected chi connectivity index (χ2v) is 13.0. The molecule has 0 aliphatic carbocycles. The fourth-order valence-electron chi connectivity index (χ4n) is 7.01. The largest absolute Gasteiger partial charge is 0.316 e. The standard InChI is InChI=1S/C42H26N4S/c1-4-12-27(13-5-1)34-25-35(28-14-6-2-7-15-28)44-42(43-34)46-37-26-36-29(22-23-45(36)30-16-8-3-9-17-30)24-33(37)31-20-21-39-40(41(31)46)32-18-10-11-19-38(32)47-39/h1-26H. The van der Waals surface area contributed by atoms with Gasteiger partial charge in [-0.15, -0.1) is 11.3 Å². The highest BCUT2D eigenvalue weighted by atomic mass is 32.1. The van der Waals surface area contributed by atoms with E-state index in [9.17, 15) is 0 Å². The van der Waals surface area contributed by atoms with Crippen LogP contribution in [-0.2, 0) is 0 Å². The highest BCUT2D eigenvalue weighted by Gasteiger charge is 2.22. The molecule has 0 atom stereocenters. The number of thiophene rings is 1. The van der Waals surface area contributed by atoms with Crippen molar-refractivity contribution in [2.75, 3.05) is 0 Å². The quantitative estimate of drug-likeness (QED) is 0.197. The van der Waals surface area contributed by atoms with Crippen molar-refractivity contribution in [3.05, 3.63) is 158 Å². The van der Waals surface area contributed by atoms with Gasteiger partial charge in [-0.3, -0.25) is 4.57 Å². The molecule has 0 radical (unpaired) electrons. The summed E-state index contributed by atoms with van der Waals surface area (Å²) in [5.41, 5.74) is 8.38. The number of hydrogen-bond donors (Lipinski definition) is 0. The van der Waals surface area contributed by atoms with Gasteiger partial charge < -0.3 is 4.57 Å². The molecule has 6 aromatic carbocycles. The maximum absolute atomic E-state index is 5.34. The van der Waals surface area contributed by atoms with Gasteiger partial charge in [0.15, 0.2) is 0 Å². The molecular formula is C42H26N4S. The van der Waals surface area contributed by atoms with Crippen molar-refractivity contribution in [3.63, 3.8) is 0 Å². The molecule has 4 nitrogen and oxygen atoms in total. The van der Waals surface area contributed by atoms with Gasteiger partial charge >= 0.3 is 0 Å². The van der Waals surface area contributed by atoms with Crippen LogP contribution in [0.4, 0.5) is 0 Å². The highest BCUT2D eigenvalue weighted by Crippen LogP contribution is 2.44. The SMILES string of the molecule is c1ccc(-c2cc(-c3ccccc3)nc(-n3c4cc5c(ccn5-c5ccccc5)cc4c4ccc5sc6ccccc6c5c43)n2)cc1. The van der Waals surface area contributed by atoms with Crippen LogP contribution in [0, 0.1) is 0 Å². The molecule has 4 aromatic heterocycles. The predicted octanol–water partition coefficient (Wildman–Crippen LogP) is 11.2. The van der Waals surface area contributed by atoms with Crippen molar-refractivity contribution in [2.45, 2.75) is 0 Å². The predicted molar refractivity (Wildman–Crippen MR) is 197 cm³/mol. The Morgan fingerprint density at radius 3 is 1.87 bits per heavy atom. The first-order valence-corrected chi connectivity index (χ1v) is 16.6. The zero-order valence-electron chi connectivity index (χ0n) is 25.2. The minimum Gasteiger partial charge on any atom is -0.316 e. The molecule has 0 fully saturated rings. The van der Waals surface area contributed by atoms with E-state index in [4.69, 9.17) is 9.97 Å². The second kappa shape index (κ2) is 10.2. The van der Waals surface area contributed by atoms with E-state index in [1.165, 1.54) is 36.3 Å². The van der Waals surface area contributed by atoms with Crippen LogP contribution in [0.15, 0.2) is 158 Å². The lowest BCUT2D eigenvalue weighted by molar-refractivity contribution is 0.998. The number of hydrogen-bond acceptors (Lipinski definition) is 3. The number of fused-ring (bicyclic) bond motifs is 8. The summed E-state index contributed by atoms with van der Waals surface area (Å²) in [4.78, 5) is 10.7. The van der Waals surface area contributed by atoms with Gasteiger partial charge in [0.25, 0.3) is 0 Å². The monoisotopic (exact) mass is 618 g/mol. The van der Waals surface area contributed by atoms with E-state index in [1.807, 2.05) is 23.5 Å². The Bertz CT molecular complexity index is 2720. The van der Waals surface area contributed by atoms with Gasteiger partial charge in [0.05, 0.1) is 27.9 Å². The Balaban J connectivity index is 1.38. The van der Waals surface area contributed by atoms with E-state index < -0.39 is 0 Å². The van der Waals surface area contributed by atoms with E-state index in [1.54, 1.807) is 0 Å². The van der Waals surface area contributed by atoms with Crippen LogP contribution in [0.25, 0.3) is 87.0 Å². The first kappa shape index (κ1) is 26.2. The van der Waals surface area contributed by atoms with Gasteiger partial charge in [-0.1, -0.05) is 103 Å². The smallest absolute Gasteiger partial charge is 0.235 e. The molecule has 0 N–H and O–H groups in total. The fraction of sp³-hybridized carbons (Fsp3) is 0. The first-order valence-electron chi connectivity index (χ1n) is 15.8. The molecule has 47 heavy (non-hydrogen) atoms. The molecule has 0 amide bonds. The van der Waals surface area contributed by atoms with Crippen LogP contribution in [0.5, 0.6) is 0 Å². The van der Waals surface area contributed by atoms with Crippen LogP contribution in [-0.4, -0.2) is 19.1 Å². The van der Waals surface area contributed by atoms with Crippen molar-refractivity contribution in [1.29, 1.82) is 0 Å². The van der Waals surface area contributed by atoms with Gasteiger partial charge in [0.2, 0.25) is 5.95 Å². The summed E-state index contributed by atoms with van der Waals surface area (Å²) in [6, 6.07) is 53.6. The minimum absolute atomic E-state index is 0.658. The van der Waals surface area contributed by atoms with Gasteiger partial charge in [-0.05, 0) is 48.5 Å². The number of nitrogens with zero attached hydrogens (tertiary/aromatic N) is 4. The maximum atomic E-state index is 5.34. The molecule has 10 rings (SSSR count). The third kappa shape index (κ3) is 4.07. The van der Waals surface area contributed by atoms with Crippen molar-refractivity contribution in [3.8, 4) is 34.2 Å². The Labute approximate surface area is 274 Å². The molecule has 0 saturated carbocycles. The molecule has 0 aliphatic heterocycles. The maximum Gasteiger partial charge on any atom is 0.235 e. The van der Waals surface area contributed by atoms with Crippen molar-refractivity contribution in [2.24, 2.45) is 0 Å². The Hall–Kier alpha value is -6.04. The average Bonchev–Trinajstić information content (AvgIpc) is 3.83. The van der Waals surface area contributed by atoms with E-state index in [0.29, 0.717) is 5.95 Å². The van der Waals surface area contributed by atoms with Gasteiger partial charge in [-0.2, -0.15) is 0 Å². The van der Waals surface area contributed by atoms with Gasteiger partial charge in [0.1, 0.15) is 0 Å². The van der Waals surface area contributed by atoms with E-state index in [0.717, 1.165) is 44.8 Å². The summed E-state index contributed by atoms with van der Waals surface area (Å²) in [7, 11) is 0. The molecule has 0 bridgehead atoms. The zero-order chi connectivity index (χ0) is 30.9. The van der Waals surface area contributed by atoms with Crippen molar-refractivity contribution in [1.82, 2.24) is 19.1 Å². The summed E-state index contributed by atoms with van der Waals surface area (Å²) < 4.78 is 7.11. The minimum atomic E-state index is 0.658. The van der Waals surface area contributed by atoms with Crippen LogP contribution in [0.3, 0.4) is 0 Å². The number of rotatable bonds is 4. The van der Waals surface area contributed by atoms with Crippen LogP contribution >= 0.6 is 11.3 Å². The van der Waals surface area contributed by atoms with Crippen molar-refractivity contribution < 1.29 is 0 Å². The van der Waals surface area contributed by atoms with E-state index in [-0.39, 0.29) is 0 Å². The Morgan fingerprint density at radius 2 is 1.15 bits per heavy atom.